The third kappa shape index (κ3) is 5.31. The SMILES string of the molecule is CC(C)(C)c1ccc(OC(F)(F)C(F)(F)C(F)(F)C(F)(F)C(F)(F)C(F)(F)C(F)(F)S(=O)(=O)O)c(C(C)(C)C)c1. The molecule has 0 radical (unpaired) electrons. The molecule has 1 aromatic rings. The van der Waals surface area contributed by atoms with Crippen molar-refractivity contribution in [3.05, 3.63) is 29.3 Å². The summed E-state index contributed by atoms with van der Waals surface area (Å²) in [5.41, 5.74) is -2.14. The topological polar surface area (TPSA) is 63.6 Å². The molecule has 40 heavy (non-hydrogen) atoms. The molecule has 0 heterocycles. The van der Waals surface area contributed by atoms with Gasteiger partial charge in [0, 0.05) is 5.56 Å². The van der Waals surface area contributed by atoms with E-state index in [0.29, 0.717) is 11.6 Å². The number of benzene rings is 1. The lowest BCUT2D eigenvalue weighted by Crippen LogP contribution is -2.74. The van der Waals surface area contributed by atoms with Crippen LogP contribution in [0.5, 0.6) is 5.75 Å². The Morgan fingerprint density at radius 1 is 0.600 bits per heavy atom. The smallest absolute Gasteiger partial charge is 0.428 e. The molecule has 0 aliphatic rings. The van der Waals surface area contributed by atoms with Crippen molar-refractivity contribution in [1.82, 2.24) is 0 Å². The van der Waals surface area contributed by atoms with Crippen molar-refractivity contribution in [3.8, 4) is 5.75 Å². The molecule has 0 aliphatic heterocycles. The van der Waals surface area contributed by atoms with Crippen LogP contribution in [0, 0.1) is 0 Å². The lowest BCUT2D eigenvalue weighted by Gasteiger charge is -2.41. The highest BCUT2D eigenvalue weighted by molar-refractivity contribution is 7.87. The molecule has 1 N–H and O–H groups in total. The maximum absolute atomic E-state index is 14.4. The van der Waals surface area contributed by atoms with E-state index in [2.05, 4.69) is 4.74 Å². The van der Waals surface area contributed by atoms with Crippen LogP contribution in [0.4, 0.5) is 61.5 Å². The molecule has 1 rings (SSSR count). The van der Waals surface area contributed by atoms with Crippen LogP contribution in [0.3, 0.4) is 0 Å². The van der Waals surface area contributed by atoms with Crippen LogP contribution >= 0.6 is 0 Å². The van der Waals surface area contributed by atoms with Crippen molar-refractivity contribution in [1.29, 1.82) is 0 Å². The van der Waals surface area contributed by atoms with Crippen molar-refractivity contribution in [2.75, 3.05) is 0 Å². The number of alkyl halides is 14. The van der Waals surface area contributed by atoms with Gasteiger partial charge in [0.1, 0.15) is 5.75 Å². The van der Waals surface area contributed by atoms with E-state index in [-0.39, 0.29) is 0 Å². The normalized spacial score (nSPS) is 15.8. The Balaban J connectivity index is 3.78. The minimum Gasteiger partial charge on any atom is -0.428 e. The molecular formula is C21H22F14O4S. The first-order valence-corrected chi connectivity index (χ1v) is 12.0. The van der Waals surface area contributed by atoms with Crippen molar-refractivity contribution < 1.29 is 79.2 Å². The predicted octanol–water partition coefficient (Wildman–Crippen LogP) is 7.91. The van der Waals surface area contributed by atoms with Gasteiger partial charge in [-0.15, -0.1) is 0 Å². The highest BCUT2D eigenvalue weighted by Gasteiger charge is 2.95. The Hall–Kier alpha value is -2.05. The molecule has 4 nitrogen and oxygen atoms in total. The van der Waals surface area contributed by atoms with Gasteiger partial charge in [0.15, 0.2) is 0 Å². The predicted molar refractivity (Wildman–Crippen MR) is 111 cm³/mol. The molecular weight excluding hydrogens is 614 g/mol. The monoisotopic (exact) mass is 636 g/mol. The molecule has 0 spiro atoms. The summed E-state index contributed by atoms with van der Waals surface area (Å²) in [7, 11) is -7.79. The van der Waals surface area contributed by atoms with Gasteiger partial charge in [-0.05, 0) is 22.5 Å². The van der Waals surface area contributed by atoms with E-state index in [4.69, 9.17) is 4.55 Å². The molecule has 0 saturated heterocycles. The molecule has 0 aliphatic carbocycles. The van der Waals surface area contributed by atoms with Crippen molar-refractivity contribution >= 4 is 10.1 Å². The van der Waals surface area contributed by atoms with Gasteiger partial charge in [0.05, 0.1) is 0 Å². The molecule has 0 amide bonds. The van der Waals surface area contributed by atoms with Gasteiger partial charge in [0.2, 0.25) is 0 Å². The number of hydrogen-bond donors (Lipinski definition) is 1. The number of ether oxygens (including phenoxy) is 1. The number of halogens is 14. The first kappa shape index (κ1) is 36.0. The Kier molecular flexibility index (Phi) is 8.53. The first-order valence-electron chi connectivity index (χ1n) is 10.5. The highest BCUT2D eigenvalue weighted by atomic mass is 32.2. The minimum atomic E-state index is -8.53. The van der Waals surface area contributed by atoms with Gasteiger partial charge < -0.3 is 4.74 Å². The highest BCUT2D eigenvalue weighted by Crippen LogP contribution is 2.63. The van der Waals surface area contributed by atoms with Crippen LogP contribution in [0.25, 0.3) is 0 Å². The van der Waals surface area contributed by atoms with E-state index in [1.165, 1.54) is 20.8 Å². The lowest BCUT2D eigenvalue weighted by molar-refractivity contribution is -0.453. The lowest BCUT2D eigenvalue weighted by atomic mass is 9.80. The zero-order valence-corrected chi connectivity index (χ0v) is 21.9. The van der Waals surface area contributed by atoms with Crippen LogP contribution in [-0.4, -0.2) is 53.9 Å². The van der Waals surface area contributed by atoms with Gasteiger partial charge in [-0.2, -0.15) is 69.9 Å². The van der Waals surface area contributed by atoms with Crippen molar-refractivity contribution in [2.45, 2.75) is 93.3 Å². The Morgan fingerprint density at radius 2 is 0.975 bits per heavy atom. The maximum Gasteiger partial charge on any atom is 0.471 e. The summed E-state index contributed by atoms with van der Waals surface area (Å²) in [5, 5.41) is -7.69. The van der Waals surface area contributed by atoms with Gasteiger partial charge in [-0.3, -0.25) is 4.55 Å². The summed E-state index contributed by atoms with van der Waals surface area (Å²) >= 11 is 0. The van der Waals surface area contributed by atoms with E-state index < -0.39 is 73.2 Å². The van der Waals surface area contributed by atoms with E-state index >= 15 is 0 Å². The van der Waals surface area contributed by atoms with Crippen molar-refractivity contribution in [3.63, 3.8) is 0 Å². The Morgan fingerprint density at radius 3 is 1.32 bits per heavy atom. The van der Waals surface area contributed by atoms with E-state index in [0.717, 1.165) is 12.1 Å². The first-order chi connectivity index (χ1) is 17.1. The quantitative estimate of drug-likeness (QED) is 0.221. The zero-order valence-electron chi connectivity index (χ0n) is 21.1. The van der Waals surface area contributed by atoms with E-state index in [9.17, 15) is 69.9 Å². The fourth-order valence-corrected chi connectivity index (χ4v) is 3.44. The fraction of sp³-hybridized carbons (Fsp3) is 0.714. The summed E-state index contributed by atoms with van der Waals surface area (Å²) in [4.78, 5) is 0. The van der Waals surface area contributed by atoms with Gasteiger partial charge in [0.25, 0.3) is 0 Å². The average Bonchev–Trinajstić information content (AvgIpc) is 2.70. The van der Waals surface area contributed by atoms with Gasteiger partial charge in [-0.1, -0.05) is 53.7 Å². The third-order valence-corrected chi connectivity index (χ3v) is 6.43. The molecule has 234 valence electrons. The van der Waals surface area contributed by atoms with Crippen LogP contribution in [0.1, 0.15) is 52.7 Å². The van der Waals surface area contributed by atoms with Crippen molar-refractivity contribution in [2.24, 2.45) is 0 Å². The average molecular weight is 636 g/mol. The molecule has 0 aromatic heterocycles. The fourth-order valence-electron chi connectivity index (χ4n) is 2.99. The van der Waals surface area contributed by atoms with Gasteiger partial charge in [-0.25, -0.2) is 0 Å². The zero-order chi connectivity index (χ0) is 32.6. The summed E-state index contributed by atoms with van der Waals surface area (Å²) < 4.78 is 227. The Bertz CT molecular complexity index is 1210. The summed E-state index contributed by atoms with van der Waals surface area (Å²) in [6, 6.07) is 2.58. The summed E-state index contributed by atoms with van der Waals surface area (Å²) in [6.07, 6.45) is -6.92. The van der Waals surface area contributed by atoms with Crippen LogP contribution in [0.15, 0.2) is 18.2 Å². The van der Waals surface area contributed by atoms with Crippen LogP contribution in [-0.2, 0) is 20.9 Å². The number of hydrogen-bond acceptors (Lipinski definition) is 3. The molecule has 0 atom stereocenters. The second kappa shape index (κ2) is 9.49. The Labute approximate surface area is 218 Å². The standard InChI is InChI=1S/C21H22F14O4S/c1-13(2,3)10-7-8-12(11(9-10)14(4,5)6)39-20(32,33)18(28,29)16(24,25)15(22,23)17(26,27)19(30,31)21(34,35)40(36,37)38/h7-9H,1-6H3,(H,36,37,38). The maximum atomic E-state index is 14.4. The van der Waals surface area contributed by atoms with Crippen LogP contribution in [0.2, 0.25) is 0 Å². The molecule has 0 unspecified atom stereocenters. The summed E-state index contributed by atoms with van der Waals surface area (Å²) in [6.45, 7) is 8.63. The largest absolute Gasteiger partial charge is 0.471 e. The summed E-state index contributed by atoms with van der Waals surface area (Å²) in [5.74, 6) is -42.8. The molecule has 0 bridgehead atoms. The second-order valence-corrected chi connectivity index (χ2v) is 12.2. The minimum absolute atomic E-state index is 0.332. The molecule has 0 saturated carbocycles. The number of rotatable bonds is 9. The second-order valence-electron chi connectivity index (χ2n) is 10.7. The van der Waals surface area contributed by atoms with Crippen LogP contribution < -0.4 is 4.74 Å². The van der Waals surface area contributed by atoms with E-state index in [1.807, 2.05) is 0 Å². The third-order valence-electron chi connectivity index (χ3n) is 5.52. The van der Waals surface area contributed by atoms with E-state index in [1.54, 1.807) is 20.8 Å². The molecule has 1 aromatic carbocycles. The van der Waals surface area contributed by atoms with Gasteiger partial charge >= 0.3 is 51.1 Å². The molecule has 0 fully saturated rings. The molecule has 19 heteroatoms.